The Balaban J connectivity index is 1.97. The summed E-state index contributed by atoms with van der Waals surface area (Å²) in [6.45, 7) is 1.74. The highest BCUT2D eigenvalue weighted by atomic mass is 35.5. The molecule has 13 heteroatoms. The molecule has 29 heavy (non-hydrogen) atoms. The van der Waals surface area contributed by atoms with Gasteiger partial charge in [0, 0.05) is 11.9 Å². The summed E-state index contributed by atoms with van der Waals surface area (Å²) in [4.78, 5) is 26.2. The van der Waals surface area contributed by atoms with Crippen molar-refractivity contribution in [1.82, 2.24) is 19.9 Å². The van der Waals surface area contributed by atoms with Crippen molar-refractivity contribution in [2.75, 3.05) is 10.6 Å². The number of rotatable bonds is 5. The smallest absolute Gasteiger partial charge is 0.319 e. The molecule has 0 amide bonds. The van der Waals surface area contributed by atoms with Crippen LogP contribution in [-0.2, 0) is 6.18 Å². The molecule has 2 N–H and O–H groups in total. The second kappa shape index (κ2) is 7.83. The van der Waals surface area contributed by atoms with E-state index in [1.165, 1.54) is 0 Å². The van der Waals surface area contributed by atoms with Gasteiger partial charge in [0.1, 0.15) is 12.1 Å². The number of aromatic nitrogens is 4. The summed E-state index contributed by atoms with van der Waals surface area (Å²) in [6, 6.07) is 5.67. The summed E-state index contributed by atoms with van der Waals surface area (Å²) in [7, 11) is 0. The standard InChI is InChI=1S/C16H11ClF3N7O2/c1-8-3-2-4-11(24-8)25-14-12(27(28)29)15(23-7-22-14)26-13-10(17)5-9(6-21-13)16(18,19)20/h2-7H,1H3,(H2,21,22,23,24,25,26). The zero-order chi connectivity index (χ0) is 21.2. The normalized spacial score (nSPS) is 11.2. The van der Waals surface area contributed by atoms with E-state index in [0.29, 0.717) is 23.8 Å². The zero-order valence-electron chi connectivity index (χ0n) is 14.5. The van der Waals surface area contributed by atoms with E-state index in [2.05, 4.69) is 30.6 Å². The van der Waals surface area contributed by atoms with Crippen molar-refractivity contribution in [3.63, 3.8) is 0 Å². The molecule has 0 saturated heterocycles. The minimum atomic E-state index is -4.63. The average molecular weight is 426 g/mol. The van der Waals surface area contributed by atoms with Gasteiger partial charge >= 0.3 is 11.9 Å². The lowest BCUT2D eigenvalue weighted by atomic mass is 10.2. The fourth-order valence-electron chi connectivity index (χ4n) is 2.27. The Morgan fingerprint density at radius 1 is 1.10 bits per heavy atom. The van der Waals surface area contributed by atoms with Crippen LogP contribution in [0, 0.1) is 17.0 Å². The molecule has 0 unspecified atom stereocenters. The summed E-state index contributed by atoms with van der Waals surface area (Å²) in [5, 5.41) is 16.4. The lowest BCUT2D eigenvalue weighted by Crippen LogP contribution is -2.09. The Kier molecular flexibility index (Phi) is 5.46. The van der Waals surface area contributed by atoms with Gasteiger partial charge in [0.15, 0.2) is 5.82 Å². The largest absolute Gasteiger partial charge is 0.417 e. The van der Waals surface area contributed by atoms with Gasteiger partial charge in [-0.1, -0.05) is 17.7 Å². The van der Waals surface area contributed by atoms with Crippen LogP contribution < -0.4 is 10.6 Å². The van der Waals surface area contributed by atoms with Gasteiger partial charge in [0.25, 0.3) is 0 Å². The molecule has 0 saturated carbocycles. The van der Waals surface area contributed by atoms with Crippen LogP contribution >= 0.6 is 11.6 Å². The predicted octanol–water partition coefficient (Wildman–Crippen LogP) is 4.64. The summed E-state index contributed by atoms with van der Waals surface area (Å²) in [5.41, 5.74) is -0.947. The molecule has 3 heterocycles. The summed E-state index contributed by atoms with van der Waals surface area (Å²) >= 11 is 5.84. The predicted molar refractivity (Wildman–Crippen MR) is 98.5 cm³/mol. The number of halogens is 4. The lowest BCUT2D eigenvalue weighted by Gasteiger charge is -2.12. The molecule has 0 aliphatic heterocycles. The molecule has 0 bridgehead atoms. The van der Waals surface area contributed by atoms with Gasteiger partial charge in [-0.2, -0.15) is 13.2 Å². The van der Waals surface area contributed by atoms with Crippen molar-refractivity contribution in [1.29, 1.82) is 0 Å². The number of alkyl halides is 3. The maximum Gasteiger partial charge on any atom is 0.417 e. The van der Waals surface area contributed by atoms with Gasteiger partial charge in [0.05, 0.1) is 15.5 Å². The second-order valence-electron chi connectivity index (χ2n) is 5.64. The molecular formula is C16H11ClF3N7O2. The molecule has 150 valence electrons. The molecule has 9 nitrogen and oxygen atoms in total. The quantitative estimate of drug-likeness (QED) is 0.448. The van der Waals surface area contributed by atoms with E-state index in [-0.39, 0.29) is 22.5 Å². The number of nitro groups is 1. The van der Waals surface area contributed by atoms with E-state index in [1.54, 1.807) is 25.1 Å². The summed E-state index contributed by atoms with van der Waals surface area (Å²) < 4.78 is 38.2. The molecule has 3 rings (SSSR count). The van der Waals surface area contributed by atoms with Crippen molar-refractivity contribution in [3.8, 4) is 0 Å². The Bertz CT molecular complexity index is 1080. The first-order valence-electron chi connectivity index (χ1n) is 7.85. The van der Waals surface area contributed by atoms with E-state index in [0.717, 1.165) is 6.33 Å². The number of hydrogen-bond acceptors (Lipinski definition) is 8. The topological polar surface area (TPSA) is 119 Å². The Morgan fingerprint density at radius 3 is 2.38 bits per heavy atom. The molecular weight excluding hydrogens is 415 g/mol. The SMILES string of the molecule is Cc1cccc(Nc2ncnc(Nc3ncc(C(F)(F)F)cc3Cl)c2[N+](=O)[O-])n1. The third-order valence-electron chi connectivity index (χ3n) is 3.54. The van der Waals surface area contributed by atoms with Gasteiger partial charge in [-0.15, -0.1) is 0 Å². The van der Waals surface area contributed by atoms with Gasteiger partial charge in [-0.05, 0) is 25.1 Å². The van der Waals surface area contributed by atoms with E-state index in [9.17, 15) is 23.3 Å². The molecule has 0 aliphatic rings. The fraction of sp³-hybridized carbons (Fsp3) is 0.125. The number of pyridine rings is 2. The van der Waals surface area contributed by atoms with Crippen LogP contribution in [0.2, 0.25) is 5.02 Å². The Labute approximate surface area is 166 Å². The molecule has 0 aromatic carbocycles. The van der Waals surface area contributed by atoms with Crippen LogP contribution in [0.5, 0.6) is 0 Å². The molecule has 0 aliphatic carbocycles. The number of aryl methyl sites for hydroxylation is 1. The van der Waals surface area contributed by atoms with Crippen molar-refractivity contribution in [2.24, 2.45) is 0 Å². The second-order valence-corrected chi connectivity index (χ2v) is 6.05. The third-order valence-corrected chi connectivity index (χ3v) is 3.83. The van der Waals surface area contributed by atoms with Gasteiger partial charge < -0.3 is 10.6 Å². The van der Waals surface area contributed by atoms with Crippen molar-refractivity contribution < 1.29 is 18.1 Å². The Hall–Kier alpha value is -3.54. The van der Waals surface area contributed by atoms with Crippen molar-refractivity contribution in [2.45, 2.75) is 13.1 Å². The number of anilines is 4. The monoisotopic (exact) mass is 425 g/mol. The minimum Gasteiger partial charge on any atom is -0.319 e. The maximum absolute atomic E-state index is 12.7. The molecule has 0 spiro atoms. The first-order chi connectivity index (χ1) is 13.6. The highest BCUT2D eigenvalue weighted by Gasteiger charge is 2.32. The van der Waals surface area contributed by atoms with E-state index < -0.39 is 22.4 Å². The summed E-state index contributed by atoms with van der Waals surface area (Å²) in [6.07, 6.45) is -3.05. The van der Waals surface area contributed by atoms with Gasteiger partial charge in [0.2, 0.25) is 11.6 Å². The average Bonchev–Trinajstić information content (AvgIpc) is 2.62. The van der Waals surface area contributed by atoms with Crippen LogP contribution in [0.1, 0.15) is 11.3 Å². The third kappa shape index (κ3) is 4.66. The Morgan fingerprint density at radius 2 is 1.79 bits per heavy atom. The molecule has 3 aromatic rings. The van der Waals surface area contributed by atoms with E-state index in [4.69, 9.17) is 11.6 Å². The zero-order valence-corrected chi connectivity index (χ0v) is 15.3. The van der Waals surface area contributed by atoms with E-state index in [1.807, 2.05) is 0 Å². The van der Waals surface area contributed by atoms with Gasteiger partial charge in [-0.3, -0.25) is 10.1 Å². The molecule has 0 atom stereocenters. The van der Waals surface area contributed by atoms with Crippen molar-refractivity contribution in [3.05, 3.63) is 63.2 Å². The molecule has 0 radical (unpaired) electrons. The van der Waals surface area contributed by atoms with E-state index >= 15 is 0 Å². The minimum absolute atomic E-state index is 0.173. The fourth-order valence-corrected chi connectivity index (χ4v) is 2.48. The highest BCUT2D eigenvalue weighted by molar-refractivity contribution is 6.33. The number of nitrogens with zero attached hydrogens (tertiary/aromatic N) is 5. The number of nitrogens with one attached hydrogen (secondary N) is 2. The van der Waals surface area contributed by atoms with Crippen LogP contribution in [0.4, 0.5) is 42.1 Å². The van der Waals surface area contributed by atoms with Gasteiger partial charge in [-0.25, -0.2) is 19.9 Å². The first kappa shape index (κ1) is 20.2. The van der Waals surface area contributed by atoms with Crippen LogP contribution in [-0.4, -0.2) is 24.9 Å². The summed E-state index contributed by atoms with van der Waals surface area (Å²) in [5.74, 6) is -0.410. The molecule has 3 aromatic heterocycles. The molecule has 0 fully saturated rings. The highest BCUT2D eigenvalue weighted by Crippen LogP contribution is 2.36. The van der Waals surface area contributed by atoms with Crippen LogP contribution in [0.3, 0.4) is 0 Å². The number of hydrogen-bond donors (Lipinski definition) is 2. The van der Waals surface area contributed by atoms with Crippen LogP contribution in [0.15, 0.2) is 36.8 Å². The maximum atomic E-state index is 12.7. The first-order valence-corrected chi connectivity index (χ1v) is 8.23. The van der Waals surface area contributed by atoms with Crippen molar-refractivity contribution >= 4 is 40.6 Å². The van der Waals surface area contributed by atoms with Crippen LogP contribution in [0.25, 0.3) is 0 Å². The lowest BCUT2D eigenvalue weighted by molar-refractivity contribution is -0.383.